The van der Waals surface area contributed by atoms with Crippen LogP contribution in [-0.2, 0) is 4.79 Å². The van der Waals surface area contributed by atoms with Crippen LogP contribution in [0.1, 0.15) is 19.8 Å². The van der Waals surface area contributed by atoms with Gasteiger partial charge in [0.1, 0.15) is 0 Å². The van der Waals surface area contributed by atoms with E-state index in [1.165, 1.54) is 6.21 Å². The second kappa shape index (κ2) is 4.60. The predicted molar refractivity (Wildman–Crippen MR) is 55.5 cm³/mol. The van der Waals surface area contributed by atoms with Crippen molar-refractivity contribution < 1.29 is 14.4 Å². The molecule has 0 aromatic heterocycles. The number of hydrogen-bond acceptors (Lipinski definition) is 4. The van der Waals surface area contributed by atoms with Crippen molar-refractivity contribution in [2.75, 3.05) is 0 Å². The number of urea groups is 2. The SMILES string of the molecule is CCC[C@]1(/C=N/NC(N)=O)NC(=O)NC1=O. The summed E-state index contributed by atoms with van der Waals surface area (Å²) in [7, 11) is 0. The molecule has 0 aromatic rings. The van der Waals surface area contributed by atoms with E-state index in [1.54, 1.807) is 0 Å². The van der Waals surface area contributed by atoms with Crippen molar-refractivity contribution in [2.45, 2.75) is 25.3 Å². The Balaban J connectivity index is 2.81. The second-order valence-corrected chi connectivity index (χ2v) is 3.36. The fraction of sp³-hybridized carbons (Fsp3) is 0.500. The molecule has 1 saturated heterocycles. The number of hydrogen-bond donors (Lipinski definition) is 4. The summed E-state index contributed by atoms with van der Waals surface area (Å²) in [6, 6.07) is -1.42. The number of nitrogens with zero attached hydrogens (tertiary/aromatic N) is 1. The Kier molecular flexibility index (Phi) is 3.44. The number of nitrogens with one attached hydrogen (secondary N) is 3. The number of nitrogens with two attached hydrogens (primary N) is 1. The molecular weight excluding hydrogens is 214 g/mol. The lowest BCUT2D eigenvalue weighted by Crippen LogP contribution is -2.49. The van der Waals surface area contributed by atoms with E-state index >= 15 is 0 Å². The highest BCUT2D eigenvalue weighted by Crippen LogP contribution is 2.15. The Labute approximate surface area is 91.6 Å². The minimum absolute atomic E-state index is 0.383. The van der Waals surface area contributed by atoms with E-state index in [0.29, 0.717) is 12.8 Å². The first-order chi connectivity index (χ1) is 7.50. The molecule has 16 heavy (non-hydrogen) atoms. The quantitative estimate of drug-likeness (QED) is 0.280. The van der Waals surface area contributed by atoms with E-state index < -0.39 is 23.5 Å². The van der Waals surface area contributed by atoms with Crippen LogP contribution in [0.15, 0.2) is 5.10 Å². The molecule has 0 bridgehead atoms. The van der Waals surface area contributed by atoms with Crippen molar-refractivity contribution in [1.82, 2.24) is 16.1 Å². The molecule has 5 amide bonds. The lowest BCUT2D eigenvalue weighted by atomic mass is 9.96. The molecule has 0 aliphatic carbocycles. The molecule has 88 valence electrons. The summed E-state index contributed by atoms with van der Waals surface area (Å²) in [6.45, 7) is 1.86. The second-order valence-electron chi connectivity index (χ2n) is 3.36. The van der Waals surface area contributed by atoms with Crippen LogP contribution in [-0.4, -0.2) is 29.7 Å². The highest BCUT2D eigenvalue weighted by molar-refractivity contribution is 6.16. The first-order valence-corrected chi connectivity index (χ1v) is 4.73. The molecule has 5 N–H and O–H groups in total. The summed E-state index contributed by atoms with van der Waals surface area (Å²) in [5.41, 5.74) is 5.57. The molecule has 0 spiro atoms. The molecule has 0 unspecified atom stereocenters. The number of carbonyl (C=O) groups is 3. The van der Waals surface area contributed by atoms with Crippen LogP contribution < -0.4 is 21.8 Å². The van der Waals surface area contributed by atoms with Crippen LogP contribution >= 0.6 is 0 Å². The third-order valence-electron chi connectivity index (χ3n) is 2.07. The van der Waals surface area contributed by atoms with Gasteiger partial charge in [-0.2, -0.15) is 5.10 Å². The van der Waals surface area contributed by atoms with Gasteiger partial charge in [0.15, 0.2) is 5.54 Å². The zero-order chi connectivity index (χ0) is 12.2. The summed E-state index contributed by atoms with van der Waals surface area (Å²) < 4.78 is 0. The smallest absolute Gasteiger partial charge is 0.332 e. The van der Waals surface area contributed by atoms with Gasteiger partial charge in [-0.3, -0.25) is 10.1 Å². The molecule has 1 heterocycles. The Morgan fingerprint density at radius 2 is 2.31 bits per heavy atom. The van der Waals surface area contributed by atoms with E-state index in [2.05, 4.69) is 15.7 Å². The van der Waals surface area contributed by atoms with Crippen LogP contribution in [0.2, 0.25) is 0 Å². The average molecular weight is 227 g/mol. The summed E-state index contributed by atoms with van der Waals surface area (Å²) in [5.74, 6) is -0.491. The zero-order valence-corrected chi connectivity index (χ0v) is 8.74. The average Bonchev–Trinajstić information content (AvgIpc) is 2.42. The molecule has 0 saturated carbocycles. The number of amides is 5. The molecule has 8 heteroatoms. The van der Waals surface area contributed by atoms with Crippen LogP contribution in [0.4, 0.5) is 9.59 Å². The van der Waals surface area contributed by atoms with Crippen LogP contribution in [0.5, 0.6) is 0 Å². The van der Waals surface area contributed by atoms with Gasteiger partial charge in [0.05, 0.1) is 6.21 Å². The first-order valence-electron chi connectivity index (χ1n) is 4.73. The minimum atomic E-state index is -1.20. The zero-order valence-electron chi connectivity index (χ0n) is 8.74. The summed E-state index contributed by atoms with van der Waals surface area (Å²) >= 11 is 0. The normalized spacial score (nSPS) is 24.3. The van der Waals surface area contributed by atoms with Crippen molar-refractivity contribution in [1.29, 1.82) is 0 Å². The van der Waals surface area contributed by atoms with Crippen molar-refractivity contribution in [3.8, 4) is 0 Å². The van der Waals surface area contributed by atoms with E-state index in [0.717, 1.165) is 0 Å². The van der Waals surface area contributed by atoms with Gasteiger partial charge >= 0.3 is 12.1 Å². The van der Waals surface area contributed by atoms with Gasteiger partial charge in [-0.15, -0.1) is 0 Å². The van der Waals surface area contributed by atoms with Crippen LogP contribution in [0.25, 0.3) is 0 Å². The van der Waals surface area contributed by atoms with Gasteiger partial charge in [0.2, 0.25) is 0 Å². The number of rotatable bonds is 4. The Bertz CT molecular complexity index is 354. The molecule has 1 aliphatic rings. The van der Waals surface area contributed by atoms with Crippen molar-refractivity contribution >= 4 is 24.2 Å². The molecule has 1 aliphatic heterocycles. The standard InChI is InChI=1S/C8H13N5O3/c1-2-3-8(4-10-13-6(9)15)5(14)11-7(16)12-8/h4H,2-3H2,1H3,(H3,9,13,15)(H2,11,12,14,16)/b10-4+/t8-/m1/s1. The number of primary amides is 1. The molecular formula is C8H13N5O3. The van der Waals surface area contributed by atoms with E-state index in [1.807, 2.05) is 12.3 Å². The van der Waals surface area contributed by atoms with Gasteiger partial charge in [0.25, 0.3) is 5.91 Å². The molecule has 8 nitrogen and oxygen atoms in total. The topological polar surface area (TPSA) is 126 Å². The van der Waals surface area contributed by atoms with E-state index in [9.17, 15) is 14.4 Å². The van der Waals surface area contributed by atoms with Gasteiger partial charge in [-0.25, -0.2) is 15.0 Å². The minimum Gasteiger partial charge on any atom is -0.350 e. The highest BCUT2D eigenvalue weighted by Gasteiger charge is 2.44. The predicted octanol–water partition coefficient (Wildman–Crippen LogP) is -0.981. The number of carbonyl (C=O) groups excluding carboxylic acids is 3. The highest BCUT2D eigenvalue weighted by atomic mass is 16.2. The fourth-order valence-electron chi connectivity index (χ4n) is 1.44. The Morgan fingerprint density at radius 1 is 1.62 bits per heavy atom. The maximum Gasteiger partial charge on any atom is 0.332 e. The Hall–Kier alpha value is -2.12. The van der Waals surface area contributed by atoms with E-state index in [4.69, 9.17) is 5.73 Å². The Morgan fingerprint density at radius 3 is 2.75 bits per heavy atom. The van der Waals surface area contributed by atoms with Gasteiger partial charge in [-0.1, -0.05) is 13.3 Å². The third-order valence-corrected chi connectivity index (χ3v) is 2.07. The fourth-order valence-corrected chi connectivity index (χ4v) is 1.44. The van der Waals surface area contributed by atoms with Crippen molar-refractivity contribution in [2.24, 2.45) is 10.8 Å². The van der Waals surface area contributed by atoms with Gasteiger partial charge < -0.3 is 11.1 Å². The lowest BCUT2D eigenvalue weighted by molar-refractivity contribution is -0.121. The van der Waals surface area contributed by atoms with Crippen LogP contribution in [0.3, 0.4) is 0 Å². The van der Waals surface area contributed by atoms with Gasteiger partial charge in [-0.05, 0) is 6.42 Å². The maximum atomic E-state index is 11.5. The van der Waals surface area contributed by atoms with Crippen LogP contribution in [0, 0.1) is 0 Å². The molecule has 0 aromatic carbocycles. The molecule has 1 fully saturated rings. The number of imide groups is 1. The van der Waals surface area contributed by atoms with Crippen molar-refractivity contribution in [3.63, 3.8) is 0 Å². The monoisotopic (exact) mass is 227 g/mol. The molecule has 1 rings (SSSR count). The molecule has 1 atom stereocenters. The lowest BCUT2D eigenvalue weighted by Gasteiger charge is -2.19. The molecule has 0 radical (unpaired) electrons. The summed E-state index contributed by atoms with van der Waals surface area (Å²) in [5, 5.41) is 8.06. The maximum absolute atomic E-state index is 11.5. The van der Waals surface area contributed by atoms with E-state index in [-0.39, 0.29) is 0 Å². The summed E-state index contributed by atoms with van der Waals surface area (Å²) in [4.78, 5) is 33.0. The van der Waals surface area contributed by atoms with Gasteiger partial charge in [0, 0.05) is 0 Å². The largest absolute Gasteiger partial charge is 0.350 e. The third kappa shape index (κ3) is 2.47. The number of hydrazone groups is 1. The van der Waals surface area contributed by atoms with Crippen molar-refractivity contribution in [3.05, 3.63) is 0 Å². The first kappa shape index (κ1) is 12.0. The summed E-state index contributed by atoms with van der Waals surface area (Å²) in [6.07, 6.45) is 2.21.